The Morgan fingerprint density at radius 1 is 1.04 bits per heavy atom. The van der Waals surface area contributed by atoms with Crippen LogP contribution in [0.3, 0.4) is 0 Å². The number of carbonyl (C=O) groups excluding carboxylic acids is 1. The van der Waals surface area contributed by atoms with Crippen molar-refractivity contribution in [2.75, 3.05) is 13.7 Å². The van der Waals surface area contributed by atoms with Crippen LogP contribution in [0.1, 0.15) is 90.6 Å². The van der Waals surface area contributed by atoms with Crippen molar-refractivity contribution < 1.29 is 18.3 Å². The second kappa shape index (κ2) is 20.4. The molecule has 3 rings (SSSR count). The number of imidazole rings is 1. The summed E-state index contributed by atoms with van der Waals surface area (Å²) < 4.78 is 32.0. The van der Waals surface area contributed by atoms with E-state index in [1.165, 1.54) is 18.0 Å². The van der Waals surface area contributed by atoms with Crippen LogP contribution in [0.25, 0.3) is 0 Å². The summed E-state index contributed by atoms with van der Waals surface area (Å²) in [6, 6.07) is 13.6. The van der Waals surface area contributed by atoms with Gasteiger partial charge in [-0.2, -0.15) is 0 Å². The molecule has 2 unspecified atom stereocenters. The molecule has 0 spiro atoms. The molecular formula is C40H58F2N4O2. The molecule has 0 aliphatic rings. The molecule has 0 aliphatic carbocycles. The lowest BCUT2D eigenvalue weighted by molar-refractivity contribution is -0.109. The second-order valence-electron chi connectivity index (χ2n) is 13.8. The van der Waals surface area contributed by atoms with E-state index in [4.69, 9.17) is 0 Å². The van der Waals surface area contributed by atoms with Crippen LogP contribution in [-0.2, 0) is 16.0 Å². The van der Waals surface area contributed by atoms with Gasteiger partial charge in [0.15, 0.2) is 11.6 Å². The Labute approximate surface area is 288 Å². The molecule has 6 nitrogen and oxygen atoms in total. The quantitative estimate of drug-likeness (QED) is 0.125. The van der Waals surface area contributed by atoms with Crippen molar-refractivity contribution in [3.8, 4) is 0 Å². The fourth-order valence-corrected chi connectivity index (χ4v) is 4.80. The average Bonchev–Trinajstić information content (AvgIpc) is 3.43. The molecule has 264 valence electrons. The van der Waals surface area contributed by atoms with E-state index < -0.39 is 17.7 Å². The first-order chi connectivity index (χ1) is 22.4. The first-order valence-corrected chi connectivity index (χ1v) is 16.4. The fourth-order valence-electron chi connectivity index (χ4n) is 4.80. The first-order valence-electron chi connectivity index (χ1n) is 16.4. The summed E-state index contributed by atoms with van der Waals surface area (Å²) in [6.45, 7) is 30.3. The monoisotopic (exact) mass is 664 g/mol. The van der Waals surface area contributed by atoms with E-state index in [1.807, 2.05) is 6.92 Å². The van der Waals surface area contributed by atoms with Crippen LogP contribution < -0.4 is 10.6 Å². The third-order valence-corrected chi connectivity index (χ3v) is 7.49. The molecule has 8 heteroatoms. The molecule has 2 atom stereocenters. The Morgan fingerprint density at radius 3 is 2.15 bits per heavy atom. The van der Waals surface area contributed by atoms with Crippen molar-refractivity contribution in [3.63, 3.8) is 0 Å². The van der Waals surface area contributed by atoms with Crippen LogP contribution in [0, 0.1) is 24.0 Å². The zero-order valence-corrected chi connectivity index (χ0v) is 30.6. The van der Waals surface area contributed by atoms with E-state index >= 15 is 0 Å². The summed E-state index contributed by atoms with van der Waals surface area (Å²) >= 11 is 0. The molecular weight excluding hydrogens is 606 g/mol. The molecule has 0 saturated carbocycles. The molecule has 0 amide bonds. The van der Waals surface area contributed by atoms with E-state index in [-0.39, 0.29) is 17.0 Å². The number of hydrogen-bond donors (Lipinski definition) is 2. The van der Waals surface area contributed by atoms with Crippen LogP contribution in [0.2, 0.25) is 0 Å². The molecule has 0 bridgehead atoms. The number of nitrogens with zero attached hydrogens (tertiary/aromatic N) is 2. The first kappa shape index (κ1) is 42.0. The Morgan fingerprint density at radius 2 is 1.67 bits per heavy atom. The van der Waals surface area contributed by atoms with Gasteiger partial charge in [-0.05, 0) is 89.0 Å². The van der Waals surface area contributed by atoms with Gasteiger partial charge in [0.25, 0.3) is 0 Å². The molecule has 2 aromatic carbocycles. The van der Waals surface area contributed by atoms with Gasteiger partial charge in [-0.3, -0.25) is 0 Å². The minimum Gasteiger partial charge on any atom is -0.385 e. The summed E-state index contributed by atoms with van der Waals surface area (Å²) in [5.74, 6) is -1.90. The number of allylic oxidation sites excluding steroid dienone is 1. The van der Waals surface area contributed by atoms with Gasteiger partial charge in [0, 0.05) is 37.3 Å². The number of ether oxygens (including phenoxy) is 1. The van der Waals surface area contributed by atoms with E-state index in [0.717, 1.165) is 67.1 Å². The fraction of sp³-hybridized carbons (Fsp3) is 0.450. The second-order valence-corrected chi connectivity index (χ2v) is 13.8. The highest BCUT2D eigenvalue weighted by Gasteiger charge is 2.25. The standard InChI is InChI=1S/C25H40N2.C12H10F2N2O.C3H8O/c1-19(2)23(17-13-16-22-14-11-10-12-15-22)26-21(4)25(8,9)27-20(3)18-24(5,6)7;1-8-5-16(7-15-8)12(6-17)9-2-3-10(13)11(14)4-9;1-3-4-2/h10-12,14-15,23,26-27H,1,3-4,13,16-18H2,2,5-9H3;2-7,12H,1H3;3H2,1-2H3. The predicted octanol–water partition coefficient (Wildman–Crippen LogP) is 9.29. The van der Waals surface area contributed by atoms with Gasteiger partial charge in [-0.1, -0.05) is 82.5 Å². The van der Waals surface area contributed by atoms with Gasteiger partial charge >= 0.3 is 0 Å². The highest BCUT2D eigenvalue weighted by atomic mass is 19.2. The maximum absolute atomic E-state index is 13.1. The number of halogens is 2. The van der Waals surface area contributed by atoms with Crippen LogP contribution >= 0.6 is 0 Å². The van der Waals surface area contributed by atoms with Crippen LogP contribution in [0.5, 0.6) is 0 Å². The summed E-state index contributed by atoms with van der Waals surface area (Å²) in [5, 5.41) is 7.17. The summed E-state index contributed by atoms with van der Waals surface area (Å²) in [5.41, 5.74) is 5.64. The number of benzene rings is 2. The van der Waals surface area contributed by atoms with Crippen LogP contribution in [-0.4, -0.2) is 41.1 Å². The van der Waals surface area contributed by atoms with Crippen molar-refractivity contribution in [1.29, 1.82) is 0 Å². The van der Waals surface area contributed by atoms with Crippen molar-refractivity contribution in [3.05, 3.63) is 126 Å². The molecule has 0 saturated heterocycles. The molecule has 2 N–H and O–H groups in total. The van der Waals surface area contributed by atoms with Crippen molar-refractivity contribution in [1.82, 2.24) is 20.2 Å². The molecule has 48 heavy (non-hydrogen) atoms. The molecule has 1 aromatic heterocycles. The lowest BCUT2D eigenvalue weighted by atomic mass is 9.89. The average molecular weight is 665 g/mol. The van der Waals surface area contributed by atoms with Crippen molar-refractivity contribution >= 4 is 6.29 Å². The Kier molecular flexibility index (Phi) is 17.8. The number of aryl methyl sites for hydroxylation is 2. The third-order valence-electron chi connectivity index (χ3n) is 7.49. The Bertz CT molecular complexity index is 1440. The van der Waals surface area contributed by atoms with E-state index in [2.05, 4.69) is 112 Å². The van der Waals surface area contributed by atoms with Gasteiger partial charge in [-0.15, -0.1) is 0 Å². The molecule has 3 aromatic rings. The topological polar surface area (TPSA) is 68.2 Å². The minimum atomic E-state index is -0.966. The highest BCUT2D eigenvalue weighted by Crippen LogP contribution is 2.25. The molecule has 1 heterocycles. The predicted molar refractivity (Wildman–Crippen MR) is 196 cm³/mol. The molecule has 0 radical (unpaired) electrons. The summed E-state index contributed by atoms with van der Waals surface area (Å²) in [6.07, 6.45) is 7.99. The van der Waals surface area contributed by atoms with Gasteiger partial charge < -0.3 is 24.7 Å². The smallest absolute Gasteiger partial charge is 0.159 e. The number of hydrogen-bond acceptors (Lipinski definition) is 5. The number of aldehydes is 1. The zero-order chi connectivity index (χ0) is 36.5. The lowest BCUT2D eigenvalue weighted by Gasteiger charge is -2.35. The number of carbonyl (C=O) groups is 1. The lowest BCUT2D eigenvalue weighted by Crippen LogP contribution is -2.47. The molecule has 0 aliphatic heterocycles. The highest BCUT2D eigenvalue weighted by molar-refractivity contribution is 5.62. The minimum absolute atomic E-state index is 0.215. The third kappa shape index (κ3) is 15.7. The van der Waals surface area contributed by atoms with Gasteiger partial charge in [0.2, 0.25) is 0 Å². The summed E-state index contributed by atoms with van der Waals surface area (Å²) in [7, 11) is 1.68. The zero-order valence-electron chi connectivity index (χ0n) is 30.6. The Hall–Kier alpha value is -4.04. The number of aromatic nitrogens is 2. The van der Waals surface area contributed by atoms with Crippen molar-refractivity contribution in [2.45, 2.75) is 98.7 Å². The number of nitrogens with one attached hydrogen (secondary N) is 2. The normalized spacial score (nSPS) is 12.3. The SMILES string of the molecule is C=C(CC(C)(C)C)NC(C)(C)C(=C)NC(CCCc1ccccc1)C(=C)C.CCOC.Cc1cn(C(C=O)c2ccc(F)c(F)c2)cn1. The largest absolute Gasteiger partial charge is 0.385 e. The van der Waals surface area contributed by atoms with Gasteiger partial charge in [0.1, 0.15) is 12.3 Å². The Balaban J connectivity index is 0.000000464. The van der Waals surface area contributed by atoms with Crippen molar-refractivity contribution in [2.24, 2.45) is 5.41 Å². The van der Waals surface area contributed by atoms with Crippen LogP contribution in [0.15, 0.2) is 97.8 Å². The van der Waals surface area contributed by atoms with E-state index in [1.54, 1.807) is 24.8 Å². The molecule has 0 fully saturated rings. The van der Waals surface area contributed by atoms with E-state index in [0.29, 0.717) is 11.8 Å². The van der Waals surface area contributed by atoms with E-state index in [9.17, 15) is 13.6 Å². The number of rotatable bonds is 15. The maximum atomic E-state index is 13.1. The maximum Gasteiger partial charge on any atom is 0.159 e. The number of methoxy groups -OCH3 is 1. The van der Waals surface area contributed by atoms with Crippen LogP contribution in [0.4, 0.5) is 8.78 Å². The van der Waals surface area contributed by atoms with Gasteiger partial charge in [-0.25, -0.2) is 13.8 Å². The van der Waals surface area contributed by atoms with Gasteiger partial charge in [0.05, 0.1) is 17.6 Å². The summed E-state index contributed by atoms with van der Waals surface area (Å²) in [4.78, 5) is 15.0.